The number of fused-ring (bicyclic) bond motifs is 1. The van der Waals surface area contributed by atoms with Gasteiger partial charge in [0.05, 0.1) is 4.90 Å². The van der Waals surface area contributed by atoms with Gasteiger partial charge in [-0.05, 0) is 42.0 Å². The molecule has 124 valence electrons. The number of pyridine rings is 1. The van der Waals surface area contributed by atoms with Crippen molar-refractivity contribution in [1.82, 2.24) is 15.2 Å². The summed E-state index contributed by atoms with van der Waals surface area (Å²) in [6.07, 6.45) is 1.59. The third kappa shape index (κ3) is 3.30. The lowest BCUT2D eigenvalue weighted by Crippen LogP contribution is -2.36. The topological polar surface area (TPSA) is 117 Å². The second-order valence-electron chi connectivity index (χ2n) is 5.17. The van der Waals surface area contributed by atoms with Crippen LogP contribution in [-0.2, 0) is 16.6 Å². The first-order chi connectivity index (χ1) is 11.5. The van der Waals surface area contributed by atoms with Gasteiger partial charge in [-0.15, -0.1) is 4.83 Å². The van der Waals surface area contributed by atoms with Crippen LogP contribution in [0.1, 0.15) is 5.56 Å². The van der Waals surface area contributed by atoms with Gasteiger partial charge in [0.15, 0.2) is 0 Å². The molecule has 1 heterocycles. The summed E-state index contributed by atoms with van der Waals surface area (Å²) in [5, 5.41) is 10.6. The quantitative estimate of drug-likeness (QED) is 0.412. The molecule has 0 spiro atoms. The molecule has 0 aliphatic heterocycles. The molecular weight excluding hydrogens is 328 g/mol. The first kappa shape index (κ1) is 16.2. The first-order valence-electron chi connectivity index (χ1n) is 7.13. The zero-order valence-corrected chi connectivity index (χ0v) is 13.4. The number of phenols is 1. The average molecular weight is 344 g/mol. The highest BCUT2D eigenvalue weighted by atomic mass is 32.2. The van der Waals surface area contributed by atoms with E-state index in [1.807, 2.05) is 6.07 Å². The van der Waals surface area contributed by atoms with Crippen molar-refractivity contribution in [3.8, 4) is 5.75 Å². The summed E-state index contributed by atoms with van der Waals surface area (Å²) >= 11 is 0. The number of phenolic OH excluding ortho intramolecular Hbond substituents is 1. The molecule has 24 heavy (non-hydrogen) atoms. The number of aromatic nitrogens is 1. The number of hydrazine groups is 1. The predicted molar refractivity (Wildman–Crippen MR) is 91.4 cm³/mol. The van der Waals surface area contributed by atoms with Gasteiger partial charge in [-0.2, -0.15) is 0 Å². The number of aromatic hydroxyl groups is 1. The van der Waals surface area contributed by atoms with Crippen LogP contribution in [0.2, 0.25) is 0 Å². The van der Waals surface area contributed by atoms with Gasteiger partial charge in [0.2, 0.25) is 0 Å². The number of rotatable bonds is 5. The van der Waals surface area contributed by atoms with Gasteiger partial charge in [-0.3, -0.25) is 4.98 Å². The molecule has 5 N–H and O–H groups in total. The van der Waals surface area contributed by atoms with E-state index in [-0.39, 0.29) is 17.2 Å². The smallest absolute Gasteiger partial charge is 0.253 e. The molecule has 7 nitrogen and oxygen atoms in total. The number of anilines is 1. The van der Waals surface area contributed by atoms with Crippen LogP contribution in [0.4, 0.5) is 5.69 Å². The van der Waals surface area contributed by atoms with Crippen LogP contribution < -0.4 is 16.0 Å². The lowest BCUT2D eigenvalue weighted by molar-refractivity contribution is 0.480. The summed E-state index contributed by atoms with van der Waals surface area (Å²) in [4.78, 5) is 6.56. The zero-order chi connectivity index (χ0) is 17.2. The van der Waals surface area contributed by atoms with Crippen molar-refractivity contribution in [2.24, 2.45) is 0 Å². The van der Waals surface area contributed by atoms with Crippen molar-refractivity contribution in [2.45, 2.75) is 11.4 Å². The number of benzene rings is 2. The number of hydrogen-bond donors (Lipinski definition) is 4. The molecular formula is C16H16N4O3S. The van der Waals surface area contributed by atoms with E-state index in [9.17, 15) is 13.5 Å². The van der Waals surface area contributed by atoms with Crippen LogP contribution in [-0.4, -0.2) is 18.5 Å². The Kier molecular flexibility index (Phi) is 4.34. The molecule has 0 saturated carbocycles. The Bertz CT molecular complexity index is 972. The summed E-state index contributed by atoms with van der Waals surface area (Å²) < 4.78 is 24.4. The highest BCUT2D eigenvalue weighted by Crippen LogP contribution is 2.25. The van der Waals surface area contributed by atoms with E-state index in [2.05, 4.69) is 15.2 Å². The number of sulfonamides is 1. The van der Waals surface area contributed by atoms with Crippen LogP contribution in [0, 0.1) is 0 Å². The summed E-state index contributed by atoms with van der Waals surface area (Å²) in [7, 11) is -3.69. The molecule has 0 aliphatic carbocycles. The summed E-state index contributed by atoms with van der Waals surface area (Å²) in [6, 6.07) is 12.7. The largest absolute Gasteiger partial charge is 0.506 e. The lowest BCUT2D eigenvalue weighted by atomic mass is 10.1. The molecule has 0 radical (unpaired) electrons. The Morgan fingerprint density at radius 3 is 2.58 bits per heavy atom. The van der Waals surface area contributed by atoms with Crippen LogP contribution in [0.25, 0.3) is 10.9 Å². The van der Waals surface area contributed by atoms with Crippen molar-refractivity contribution in [3.05, 3.63) is 60.3 Å². The van der Waals surface area contributed by atoms with Gasteiger partial charge in [0, 0.05) is 23.8 Å². The van der Waals surface area contributed by atoms with Gasteiger partial charge in [0.1, 0.15) is 11.3 Å². The van der Waals surface area contributed by atoms with E-state index in [4.69, 9.17) is 5.73 Å². The monoisotopic (exact) mass is 344 g/mol. The third-order valence-corrected chi connectivity index (χ3v) is 4.82. The van der Waals surface area contributed by atoms with E-state index in [1.54, 1.807) is 18.3 Å². The molecule has 8 heteroatoms. The van der Waals surface area contributed by atoms with Crippen molar-refractivity contribution in [1.29, 1.82) is 0 Å². The minimum Gasteiger partial charge on any atom is -0.506 e. The number of nitrogens with zero attached hydrogens (tertiary/aromatic N) is 1. The van der Waals surface area contributed by atoms with Gasteiger partial charge in [-0.25, -0.2) is 13.8 Å². The molecule has 0 amide bonds. The number of hydrogen-bond acceptors (Lipinski definition) is 6. The fourth-order valence-electron chi connectivity index (χ4n) is 2.30. The Balaban J connectivity index is 1.75. The van der Waals surface area contributed by atoms with Gasteiger partial charge < -0.3 is 10.8 Å². The molecule has 0 atom stereocenters. The molecule has 0 aliphatic rings. The number of nitrogens with two attached hydrogens (primary N) is 1. The lowest BCUT2D eigenvalue weighted by Gasteiger charge is -2.11. The second kappa shape index (κ2) is 6.44. The van der Waals surface area contributed by atoms with Crippen molar-refractivity contribution in [2.75, 3.05) is 5.73 Å². The predicted octanol–water partition coefficient (Wildman–Crippen LogP) is 1.51. The van der Waals surface area contributed by atoms with Gasteiger partial charge in [0.25, 0.3) is 10.0 Å². The van der Waals surface area contributed by atoms with E-state index >= 15 is 0 Å². The van der Waals surface area contributed by atoms with E-state index in [0.29, 0.717) is 11.2 Å². The van der Waals surface area contributed by atoms with Crippen LogP contribution in [0.15, 0.2) is 59.6 Å². The van der Waals surface area contributed by atoms with Crippen molar-refractivity contribution >= 4 is 26.6 Å². The fourth-order valence-corrected chi connectivity index (χ4v) is 3.18. The SMILES string of the molecule is Nc1ccc(S(=O)(=O)NNCc2ccc(O)c3ncccc23)cc1. The summed E-state index contributed by atoms with van der Waals surface area (Å²) in [5.41, 5.74) is 10.0. The standard InChI is InChI=1S/C16H16N4O3S/c17-12-4-6-13(7-5-12)24(22,23)20-19-10-11-3-8-15(21)16-14(11)2-1-9-18-16/h1-9,19-21H,10,17H2. The normalized spacial score (nSPS) is 11.7. The third-order valence-electron chi connectivity index (χ3n) is 3.51. The molecule has 3 rings (SSSR count). The molecule has 0 unspecified atom stereocenters. The van der Waals surface area contributed by atoms with E-state index in [1.165, 1.54) is 30.3 Å². The van der Waals surface area contributed by atoms with Crippen molar-refractivity contribution in [3.63, 3.8) is 0 Å². The molecule has 0 fully saturated rings. The highest BCUT2D eigenvalue weighted by molar-refractivity contribution is 7.89. The molecule has 1 aromatic heterocycles. The minimum atomic E-state index is -3.69. The summed E-state index contributed by atoms with van der Waals surface area (Å²) in [6.45, 7) is 0.233. The number of nitrogen functional groups attached to an aromatic ring is 1. The van der Waals surface area contributed by atoms with Crippen LogP contribution in [0.5, 0.6) is 5.75 Å². The van der Waals surface area contributed by atoms with Crippen LogP contribution in [0.3, 0.4) is 0 Å². The summed E-state index contributed by atoms with van der Waals surface area (Å²) in [5.74, 6) is 0.0804. The Morgan fingerprint density at radius 2 is 1.83 bits per heavy atom. The first-order valence-corrected chi connectivity index (χ1v) is 8.61. The maximum atomic E-state index is 12.2. The van der Waals surface area contributed by atoms with Crippen LogP contribution >= 0.6 is 0 Å². The highest BCUT2D eigenvalue weighted by Gasteiger charge is 2.13. The molecule has 3 aromatic rings. The van der Waals surface area contributed by atoms with Crippen molar-refractivity contribution < 1.29 is 13.5 Å². The Labute approximate surface area is 139 Å². The molecule has 2 aromatic carbocycles. The maximum Gasteiger partial charge on any atom is 0.253 e. The van der Waals surface area contributed by atoms with Gasteiger partial charge in [-0.1, -0.05) is 12.1 Å². The second-order valence-corrected chi connectivity index (χ2v) is 6.85. The fraction of sp³-hybridized carbons (Fsp3) is 0.0625. The van der Waals surface area contributed by atoms with E-state index < -0.39 is 10.0 Å². The maximum absolute atomic E-state index is 12.2. The number of nitrogens with one attached hydrogen (secondary N) is 2. The Hall–Kier alpha value is -2.68. The minimum absolute atomic E-state index is 0.0804. The van der Waals surface area contributed by atoms with E-state index in [0.717, 1.165) is 10.9 Å². The average Bonchev–Trinajstić information content (AvgIpc) is 2.57. The van der Waals surface area contributed by atoms with Gasteiger partial charge >= 0.3 is 0 Å². The zero-order valence-electron chi connectivity index (χ0n) is 12.6. The Morgan fingerprint density at radius 1 is 1.08 bits per heavy atom. The molecule has 0 saturated heterocycles. The molecule has 0 bridgehead atoms.